The molecule has 2 atom stereocenters. The third-order valence-corrected chi connectivity index (χ3v) is 3.68. The fourth-order valence-corrected chi connectivity index (χ4v) is 2.58. The van der Waals surface area contributed by atoms with Crippen molar-refractivity contribution in [1.29, 1.82) is 0 Å². The van der Waals surface area contributed by atoms with Gasteiger partial charge in [-0.25, -0.2) is 0 Å². The van der Waals surface area contributed by atoms with Gasteiger partial charge in [0.25, 0.3) is 0 Å². The molecule has 2 unspecified atom stereocenters. The first kappa shape index (κ1) is 14.1. The molecule has 2 heterocycles. The molecule has 0 aliphatic carbocycles. The van der Waals surface area contributed by atoms with Gasteiger partial charge >= 0.3 is 0 Å². The third kappa shape index (κ3) is 2.97. The molecule has 1 aliphatic rings. The van der Waals surface area contributed by atoms with Gasteiger partial charge in [0.05, 0.1) is 12.0 Å². The number of rotatable bonds is 4. The summed E-state index contributed by atoms with van der Waals surface area (Å²) in [5.41, 5.74) is 1.46. The van der Waals surface area contributed by atoms with Gasteiger partial charge in [-0.15, -0.1) is 0 Å². The van der Waals surface area contributed by atoms with Crippen LogP contribution in [0.4, 0.5) is 5.69 Å². The van der Waals surface area contributed by atoms with Crippen LogP contribution in [0.25, 0.3) is 0 Å². The normalized spacial score (nSPS) is 23.3. The molecule has 1 aliphatic heterocycles. The van der Waals surface area contributed by atoms with E-state index in [2.05, 4.69) is 17.4 Å². The zero-order chi connectivity index (χ0) is 13.8. The number of aromatic nitrogens is 1. The number of hydrogen-bond acceptors (Lipinski definition) is 4. The second-order valence-electron chi connectivity index (χ2n) is 4.98. The van der Waals surface area contributed by atoms with Gasteiger partial charge in [0.2, 0.25) is 5.91 Å². The molecule has 1 fully saturated rings. The molecule has 5 heteroatoms. The van der Waals surface area contributed by atoms with Crippen molar-refractivity contribution >= 4 is 11.6 Å². The minimum atomic E-state index is -0.0715. The van der Waals surface area contributed by atoms with E-state index < -0.39 is 0 Å². The van der Waals surface area contributed by atoms with Crippen LogP contribution in [0, 0.1) is 12.8 Å². The summed E-state index contributed by atoms with van der Waals surface area (Å²) in [4.78, 5) is 12.4. The number of nitrogens with one attached hydrogen (secondary N) is 1. The maximum absolute atomic E-state index is 12.4. The second kappa shape index (κ2) is 6.19. The molecule has 1 aromatic rings. The second-order valence-corrected chi connectivity index (χ2v) is 4.98. The molecule has 0 aromatic carbocycles. The van der Waals surface area contributed by atoms with E-state index in [1.165, 1.54) is 0 Å². The van der Waals surface area contributed by atoms with Gasteiger partial charge < -0.3 is 14.6 Å². The largest absolute Gasteiger partial charge is 0.377 e. The Labute approximate surface area is 113 Å². The number of anilines is 1. The Bertz CT molecular complexity index is 442. The minimum Gasteiger partial charge on any atom is -0.377 e. The summed E-state index contributed by atoms with van der Waals surface area (Å²) in [5.74, 6) is 0.681. The first-order valence-corrected chi connectivity index (χ1v) is 7.05. The van der Waals surface area contributed by atoms with Crippen LogP contribution < -0.4 is 5.32 Å². The van der Waals surface area contributed by atoms with Gasteiger partial charge in [0.15, 0.2) is 5.76 Å². The molecular formula is C14H22N2O3. The fraction of sp³-hybridized carbons (Fsp3) is 0.714. The Morgan fingerprint density at radius 2 is 2.26 bits per heavy atom. The molecule has 0 bridgehead atoms. The lowest BCUT2D eigenvalue weighted by Crippen LogP contribution is -2.38. The molecule has 0 radical (unpaired) electrons. The Balaban J connectivity index is 2.09. The van der Waals surface area contributed by atoms with Crippen LogP contribution in [0.2, 0.25) is 0 Å². The van der Waals surface area contributed by atoms with Crippen LogP contribution in [-0.2, 0) is 16.0 Å². The summed E-state index contributed by atoms with van der Waals surface area (Å²) in [6.07, 6.45) is 3.43. The lowest BCUT2D eigenvalue weighted by Gasteiger charge is -2.30. The number of aryl methyl sites for hydroxylation is 2. The van der Waals surface area contributed by atoms with Gasteiger partial charge in [0.1, 0.15) is 11.4 Å². The Kier molecular flexibility index (Phi) is 4.58. The predicted octanol–water partition coefficient (Wildman–Crippen LogP) is 2.69. The van der Waals surface area contributed by atoms with E-state index >= 15 is 0 Å². The van der Waals surface area contributed by atoms with Gasteiger partial charge in [-0.2, -0.15) is 0 Å². The Morgan fingerprint density at radius 3 is 2.95 bits per heavy atom. The number of amides is 1. The lowest BCUT2D eigenvalue weighted by molar-refractivity contribution is -0.129. The highest BCUT2D eigenvalue weighted by molar-refractivity contribution is 5.93. The third-order valence-electron chi connectivity index (χ3n) is 3.68. The van der Waals surface area contributed by atoms with Crippen molar-refractivity contribution in [3.63, 3.8) is 0 Å². The molecule has 1 saturated heterocycles. The van der Waals surface area contributed by atoms with Crippen molar-refractivity contribution in [3.8, 4) is 0 Å². The number of ether oxygens (including phenoxy) is 1. The van der Waals surface area contributed by atoms with Gasteiger partial charge in [-0.3, -0.25) is 4.79 Å². The molecule has 2 rings (SSSR count). The van der Waals surface area contributed by atoms with Crippen molar-refractivity contribution in [2.24, 2.45) is 5.92 Å². The zero-order valence-corrected chi connectivity index (χ0v) is 11.9. The summed E-state index contributed by atoms with van der Waals surface area (Å²) in [6.45, 7) is 6.63. The van der Waals surface area contributed by atoms with E-state index in [0.29, 0.717) is 0 Å². The Morgan fingerprint density at radius 1 is 1.47 bits per heavy atom. The summed E-state index contributed by atoms with van der Waals surface area (Å²) in [5, 5.41) is 6.87. The molecule has 0 saturated carbocycles. The first-order valence-electron chi connectivity index (χ1n) is 7.05. The van der Waals surface area contributed by atoms with Crippen molar-refractivity contribution in [2.75, 3.05) is 11.9 Å². The summed E-state index contributed by atoms with van der Waals surface area (Å²) < 4.78 is 10.9. The van der Waals surface area contributed by atoms with Crippen LogP contribution >= 0.6 is 0 Å². The van der Waals surface area contributed by atoms with E-state index in [1.807, 2.05) is 13.8 Å². The average molecular weight is 266 g/mol. The van der Waals surface area contributed by atoms with Crippen LogP contribution in [-0.4, -0.2) is 23.8 Å². The van der Waals surface area contributed by atoms with E-state index in [1.54, 1.807) is 0 Å². The minimum absolute atomic E-state index is 0.0209. The van der Waals surface area contributed by atoms with Crippen molar-refractivity contribution in [3.05, 3.63) is 11.5 Å². The Hall–Kier alpha value is -1.36. The van der Waals surface area contributed by atoms with Gasteiger partial charge in [0, 0.05) is 13.0 Å². The molecule has 1 N–H and O–H groups in total. The van der Waals surface area contributed by atoms with Crippen molar-refractivity contribution in [1.82, 2.24) is 5.16 Å². The lowest BCUT2D eigenvalue weighted by atomic mass is 9.91. The maximum atomic E-state index is 12.4. The number of carbonyl (C=O) groups excluding carboxylic acids is 1. The van der Waals surface area contributed by atoms with E-state index in [0.717, 1.165) is 49.4 Å². The number of carbonyl (C=O) groups is 1. The number of nitrogens with zero attached hydrogens (tertiary/aromatic N) is 1. The van der Waals surface area contributed by atoms with Gasteiger partial charge in [-0.1, -0.05) is 19.0 Å². The quantitative estimate of drug-likeness (QED) is 0.910. The van der Waals surface area contributed by atoms with E-state index in [-0.39, 0.29) is 17.9 Å². The smallest absolute Gasteiger partial charge is 0.230 e. The number of hydrogen-bond donors (Lipinski definition) is 1. The van der Waals surface area contributed by atoms with E-state index in [9.17, 15) is 4.79 Å². The summed E-state index contributed by atoms with van der Waals surface area (Å²) >= 11 is 0. The van der Waals surface area contributed by atoms with Crippen molar-refractivity contribution in [2.45, 2.75) is 52.6 Å². The maximum Gasteiger partial charge on any atom is 0.230 e. The molecule has 0 spiro atoms. The molecular weight excluding hydrogens is 244 g/mol. The van der Waals surface area contributed by atoms with Crippen LogP contribution in [0.3, 0.4) is 0 Å². The molecule has 5 nitrogen and oxygen atoms in total. The highest BCUT2D eigenvalue weighted by atomic mass is 16.5. The zero-order valence-electron chi connectivity index (χ0n) is 11.9. The first-order chi connectivity index (χ1) is 9.17. The SMILES string of the molecule is CCc1onc(C)c1NC(=O)C1CCCOC1CC. The fourth-order valence-electron chi connectivity index (χ4n) is 2.58. The summed E-state index contributed by atoms with van der Waals surface area (Å²) in [7, 11) is 0. The highest BCUT2D eigenvalue weighted by Crippen LogP contribution is 2.27. The topological polar surface area (TPSA) is 64.4 Å². The molecule has 106 valence electrons. The standard InChI is InChI=1S/C14H22N2O3/c1-4-11-10(7-6-8-18-11)14(17)15-13-9(3)16-19-12(13)5-2/h10-11H,4-8H2,1-3H3,(H,15,17). The molecule has 1 aromatic heterocycles. The van der Waals surface area contributed by atoms with Crippen LogP contribution in [0.1, 0.15) is 44.6 Å². The molecule has 19 heavy (non-hydrogen) atoms. The monoisotopic (exact) mass is 266 g/mol. The van der Waals surface area contributed by atoms with Crippen LogP contribution in [0.15, 0.2) is 4.52 Å². The average Bonchev–Trinajstić information content (AvgIpc) is 2.79. The van der Waals surface area contributed by atoms with Crippen LogP contribution in [0.5, 0.6) is 0 Å². The van der Waals surface area contributed by atoms with E-state index in [4.69, 9.17) is 9.26 Å². The highest BCUT2D eigenvalue weighted by Gasteiger charge is 2.31. The summed E-state index contributed by atoms with van der Waals surface area (Å²) in [6, 6.07) is 0. The molecule has 1 amide bonds. The predicted molar refractivity (Wildman–Crippen MR) is 72.0 cm³/mol. The van der Waals surface area contributed by atoms with Crippen molar-refractivity contribution < 1.29 is 14.1 Å². The van der Waals surface area contributed by atoms with Gasteiger partial charge in [-0.05, 0) is 26.2 Å².